The minimum atomic E-state index is -4.10. The van der Waals surface area contributed by atoms with Crippen molar-refractivity contribution < 1.29 is 18.0 Å². The van der Waals surface area contributed by atoms with Crippen LogP contribution in [-0.4, -0.2) is 43.8 Å². The Balaban J connectivity index is 2.05. The first kappa shape index (κ1) is 31.4. The van der Waals surface area contributed by atoms with E-state index in [1.165, 1.54) is 4.90 Å². The number of rotatable bonds is 11. The Morgan fingerprint density at radius 3 is 2.08 bits per heavy atom. The predicted octanol–water partition coefficient (Wildman–Crippen LogP) is 6.02. The molecular formula is C31H38BrN3O4S. The number of carbonyl (C=O) groups is 2. The fraction of sp³-hybridized carbons (Fsp3) is 0.355. The number of carbonyl (C=O) groups excluding carboxylic acids is 2. The van der Waals surface area contributed by atoms with Crippen LogP contribution < -0.4 is 9.62 Å². The summed E-state index contributed by atoms with van der Waals surface area (Å²) in [5.41, 5.74) is 3.16. The molecule has 0 radical (unpaired) electrons. The van der Waals surface area contributed by atoms with Crippen molar-refractivity contribution in [1.29, 1.82) is 0 Å². The van der Waals surface area contributed by atoms with Gasteiger partial charge >= 0.3 is 0 Å². The van der Waals surface area contributed by atoms with Crippen molar-refractivity contribution in [3.63, 3.8) is 0 Å². The molecule has 1 atom stereocenters. The van der Waals surface area contributed by atoms with Crippen molar-refractivity contribution in [1.82, 2.24) is 10.2 Å². The molecule has 0 aliphatic carbocycles. The Labute approximate surface area is 246 Å². The summed E-state index contributed by atoms with van der Waals surface area (Å²) >= 11 is 3.46. The molecule has 0 saturated heterocycles. The quantitative estimate of drug-likeness (QED) is 0.282. The smallest absolute Gasteiger partial charge is 0.264 e. The molecule has 0 aliphatic heterocycles. The number of hydrogen-bond donors (Lipinski definition) is 1. The molecule has 40 heavy (non-hydrogen) atoms. The van der Waals surface area contributed by atoms with E-state index in [9.17, 15) is 18.0 Å². The molecule has 0 bridgehead atoms. The largest absolute Gasteiger partial charge is 0.352 e. The number of amides is 2. The second kappa shape index (κ2) is 13.5. The van der Waals surface area contributed by atoms with Gasteiger partial charge in [0.25, 0.3) is 10.0 Å². The summed E-state index contributed by atoms with van der Waals surface area (Å²) in [5.74, 6) is -0.540. The van der Waals surface area contributed by atoms with E-state index in [1.54, 1.807) is 43.3 Å². The highest BCUT2D eigenvalue weighted by Gasteiger charge is 2.32. The first-order chi connectivity index (χ1) is 18.8. The maximum atomic E-state index is 14.0. The van der Waals surface area contributed by atoms with E-state index in [4.69, 9.17) is 0 Å². The van der Waals surface area contributed by atoms with Crippen LogP contribution in [0.15, 0.2) is 82.2 Å². The van der Waals surface area contributed by atoms with Gasteiger partial charge in [-0.2, -0.15) is 0 Å². The molecule has 3 aromatic carbocycles. The fourth-order valence-corrected chi connectivity index (χ4v) is 6.07. The summed E-state index contributed by atoms with van der Waals surface area (Å²) in [6.07, 6.45) is 0. The zero-order valence-electron chi connectivity index (χ0n) is 23.9. The monoisotopic (exact) mass is 627 g/mol. The molecule has 0 spiro atoms. The van der Waals surface area contributed by atoms with Crippen LogP contribution in [0.2, 0.25) is 0 Å². The normalized spacial score (nSPS) is 12.3. The standard InChI is InChI=1S/C31H38BrN3O4S/c1-21(2)26-12-14-28(15-13-26)35(40(38,39)29-16-10-23(5)11-17-29)20-30(36)34(24(6)31(37)33-22(3)4)19-25-8-7-9-27(32)18-25/h7-18,21-22,24H,19-20H2,1-6H3,(H,33,37)/t24-/m0/s1. The lowest BCUT2D eigenvalue weighted by molar-refractivity contribution is -0.139. The number of nitrogens with zero attached hydrogens (tertiary/aromatic N) is 2. The van der Waals surface area contributed by atoms with Gasteiger partial charge in [0, 0.05) is 17.1 Å². The Morgan fingerprint density at radius 2 is 1.52 bits per heavy atom. The van der Waals surface area contributed by atoms with E-state index in [0.29, 0.717) is 5.69 Å². The Bertz CT molecular complexity index is 1420. The number of hydrogen-bond acceptors (Lipinski definition) is 4. The third-order valence-electron chi connectivity index (χ3n) is 6.58. The lowest BCUT2D eigenvalue weighted by Crippen LogP contribution is -2.52. The SMILES string of the molecule is Cc1ccc(S(=O)(=O)N(CC(=O)N(Cc2cccc(Br)c2)[C@@H](C)C(=O)NC(C)C)c2ccc(C(C)C)cc2)cc1. The first-order valence-electron chi connectivity index (χ1n) is 13.3. The maximum absolute atomic E-state index is 14.0. The summed E-state index contributed by atoms with van der Waals surface area (Å²) in [4.78, 5) is 28.5. The van der Waals surface area contributed by atoms with E-state index in [-0.39, 0.29) is 29.3 Å². The molecule has 3 aromatic rings. The molecule has 9 heteroatoms. The van der Waals surface area contributed by atoms with Crippen LogP contribution in [0.1, 0.15) is 57.2 Å². The summed E-state index contributed by atoms with van der Waals surface area (Å²) in [6, 6.07) is 20.3. The molecule has 3 rings (SSSR count). The van der Waals surface area contributed by atoms with E-state index in [1.807, 2.05) is 57.2 Å². The van der Waals surface area contributed by atoms with Gasteiger partial charge in [-0.3, -0.25) is 13.9 Å². The number of aryl methyl sites for hydroxylation is 1. The molecule has 0 saturated carbocycles. The second-order valence-electron chi connectivity index (χ2n) is 10.6. The highest BCUT2D eigenvalue weighted by molar-refractivity contribution is 9.10. The lowest BCUT2D eigenvalue weighted by Gasteiger charge is -2.32. The van der Waals surface area contributed by atoms with Gasteiger partial charge in [0.05, 0.1) is 10.6 Å². The van der Waals surface area contributed by atoms with Crippen molar-refractivity contribution >= 4 is 43.5 Å². The van der Waals surface area contributed by atoms with Crippen molar-refractivity contribution in [2.45, 2.75) is 71.0 Å². The molecule has 0 unspecified atom stereocenters. The average molecular weight is 629 g/mol. The van der Waals surface area contributed by atoms with E-state index < -0.39 is 28.5 Å². The molecule has 0 aliphatic rings. The Morgan fingerprint density at radius 1 is 0.900 bits per heavy atom. The lowest BCUT2D eigenvalue weighted by atomic mass is 10.0. The molecule has 2 amide bonds. The topological polar surface area (TPSA) is 86.8 Å². The molecule has 0 aromatic heterocycles. The molecule has 214 valence electrons. The summed E-state index contributed by atoms with van der Waals surface area (Å²) < 4.78 is 29.9. The summed E-state index contributed by atoms with van der Waals surface area (Å²) in [5, 5.41) is 2.86. The summed E-state index contributed by atoms with van der Waals surface area (Å²) in [7, 11) is -4.10. The number of benzene rings is 3. The third kappa shape index (κ3) is 7.95. The van der Waals surface area contributed by atoms with Gasteiger partial charge in [0.1, 0.15) is 12.6 Å². The van der Waals surface area contributed by atoms with Crippen LogP contribution >= 0.6 is 15.9 Å². The third-order valence-corrected chi connectivity index (χ3v) is 8.86. The fourth-order valence-electron chi connectivity index (χ4n) is 4.21. The van der Waals surface area contributed by atoms with Gasteiger partial charge in [-0.25, -0.2) is 8.42 Å². The van der Waals surface area contributed by atoms with Gasteiger partial charge in [0.15, 0.2) is 0 Å². The van der Waals surface area contributed by atoms with Crippen LogP contribution in [0.4, 0.5) is 5.69 Å². The Kier molecular flexibility index (Phi) is 10.6. The van der Waals surface area contributed by atoms with Crippen LogP contribution in [-0.2, 0) is 26.2 Å². The van der Waals surface area contributed by atoms with Gasteiger partial charge in [0.2, 0.25) is 11.8 Å². The zero-order chi connectivity index (χ0) is 29.6. The number of sulfonamides is 1. The highest BCUT2D eigenvalue weighted by atomic mass is 79.9. The van der Waals surface area contributed by atoms with Crippen LogP contribution in [0.25, 0.3) is 0 Å². The van der Waals surface area contributed by atoms with E-state index in [0.717, 1.165) is 25.5 Å². The van der Waals surface area contributed by atoms with Crippen LogP contribution in [0.3, 0.4) is 0 Å². The molecule has 1 N–H and O–H groups in total. The van der Waals surface area contributed by atoms with Gasteiger partial charge in [-0.1, -0.05) is 71.7 Å². The molecular weight excluding hydrogens is 590 g/mol. The maximum Gasteiger partial charge on any atom is 0.264 e. The van der Waals surface area contributed by atoms with E-state index >= 15 is 0 Å². The zero-order valence-corrected chi connectivity index (χ0v) is 26.3. The van der Waals surface area contributed by atoms with Crippen LogP contribution in [0, 0.1) is 6.92 Å². The minimum Gasteiger partial charge on any atom is -0.352 e. The second-order valence-corrected chi connectivity index (χ2v) is 13.3. The predicted molar refractivity (Wildman–Crippen MR) is 164 cm³/mol. The van der Waals surface area contributed by atoms with Crippen molar-refractivity contribution in [3.05, 3.63) is 94.0 Å². The van der Waals surface area contributed by atoms with Crippen LogP contribution in [0.5, 0.6) is 0 Å². The molecule has 7 nitrogen and oxygen atoms in total. The minimum absolute atomic E-state index is 0.0861. The van der Waals surface area contributed by atoms with E-state index in [2.05, 4.69) is 35.1 Å². The van der Waals surface area contributed by atoms with Gasteiger partial charge in [-0.05, 0) is 81.1 Å². The summed E-state index contributed by atoms with van der Waals surface area (Å²) in [6.45, 7) is 11.0. The molecule has 0 heterocycles. The number of nitrogens with one attached hydrogen (secondary N) is 1. The highest BCUT2D eigenvalue weighted by Crippen LogP contribution is 2.27. The van der Waals surface area contributed by atoms with Gasteiger partial charge in [-0.15, -0.1) is 0 Å². The van der Waals surface area contributed by atoms with Gasteiger partial charge < -0.3 is 10.2 Å². The first-order valence-corrected chi connectivity index (χ1v) is 15.6. The average Bonchev–Trinajstić information content (AvgIpc) is 2.89. The number of anilines is 1. The number of halogens is 1. The van der Waals surface area contributed by atoms with Crippen molar-refractivity contribution in [2.24, 2.45) is 0 Å². The van der Waals surface area contributed by atoms with Crippen molar-refractivity contribution in [3.8, 4) is 0 Å². The Hall–Kier alpha value is -3.17. The van der Waals surface area contributed by atoms with Crippen molar-refractivity contribution in [2.75, 3.05) is 10.8 Å². The molecule has 0 fully saturated rings.